The average molecular weight is 292 g/mol. The van der Waals surface area contributed by atoms with E-state index in [-0.39, 0.29) is 11.7 Å². The second kappa shape index (κ2) is 7.03. The number of hydrogen-bond acceptors (Lipinski definition) is 2. The number of carbonyl (C=O) groups is 1. The molecule has 1 N–H and O–H groups in total. The van der Waals surface area contributed by atoms with Crippen LogP contribution in [-0.2, 0) is 10.2 Å². The molecule has 0 aromatic heterocycles. The highest BCUT2D eigenvalue weighted by atomic mass is 19.1. The van der Waals surface area contributed by atoms with Crippen LogP contribution in [0.1, 0.15) is 37.7 Å². The molecule has 0 saturated heterocycles. The molecule has 0 unspecified atom stereocenters. The molecule has 0 aliphatic heterocycles. The number of amides is 1. The molecule has 0 heterocycles. The molecular weight excluding hydrogens is 267 g/mol. The number of rotatable bonds is 6. The zero-order valence-corrected chi connectivity index (χ0v) is 13.0. The minimum absolute atomic E-state index is 0.0103. The van der Waals surface area contributed by atoms with E-state index >= 15 is 0 Å². The van der Waals surface area contributed by atoms with Gasteiger partial charge in [0.2, 0.25) is 5.91 Å². The Hall–Kier alpha value is -1.42. The lowest BCUT2D eigenvalue weighted by molar-refractivity contribution is -0.126. The van der Waals surface area contributed by atoms with E-state index in [1.54, 1.807) is 12.1 Å². The predicted octanol–water partition coefficient (Wildman–Crippen LogP) is 2.71. The van der Waals surface area contributed by atoms with E-state index in [2.05, 4.69) is 10.2 Å². The maximum absolute atomic E-state index is 14.2. The zero-order valence-electron chi connectivity index (χ0n) is 13.0. The molecule has 21 heavy (non-hydrogen) atoms. The molecule has 116 valence electrons. The Morgan fingerprint density at radius 1 is 1.29 bits per heavy atom. The molecule has 2 rings (SSSR count). The van der Waals surface area contributed by atoms with Gasteiger partial charge in [0.15, 0.2) is 0 Å². The molecule has 0 atom stereocenters. The van der Waals surface area contributed by atoms with Crippen LogP contribution in [0.4, 0.5) is 4.39 Å². The Kier molecular flexibility index (Phi) is 5.34. The van der Waals surface area contributed by atoms with Crippen molar-refractivity contribution in [3.63, 3.8) is 0 Å². The third-order valence-corrected chi connectivity index (χ3v) is 4.35. The highest BCUT2D eigenvalue weighted by Crippen LogP contribution is 2.42. The van der Waals surface area contributed by atoms with Crippen LogP contribution in [0.2, 0.25) is 0 Å². The fourth-order valence-corrected chi connectivity index (χ4v) is 3.21. The summed E-state index contributed by atoms with van der Waals surface area (Å²) in [5.74, 6) is -0.272. The first-order valence-electron chi connectivity index (χ1n) is 7.74. The maximum Gasteiger partial charge on any atom is 0.230 e. The van der Waals surface area contributed by atoms with E-state index in [9.17, 15) is 9.18 Å². The Morgan fingerprint density at radius 2 is 1.95 bits per heavy atom. The van der Waals surface area contributed by atoms with Gasteiger partial charge < -0.3 is 10.2 Å². The van der Waals surface area contributed by atoms with E-state index in [1.165, 1.54) is 6.07 Å². The lowest BCUT2D eigenvalue weighted by Crippen LogP contribution is -2.43. The van der Waals surface area contributed by atoms with E-state index in [0.717, 1.165) is 38.6 Å². The molecule has 1 saturated carbocycles. The van der Waals surface area contributed by atoms with Crippen LogP contribution in [0.25, 0.3) is 0 Å². The molecule has 1 amide bonds. The van der Waals surface area contributed by atoms with Gasteiger partial charge in [0, 0.05) is 12.1 Å². The monoisotopic (exact) mass is 292 g/mol. The van der Waals surface area contributed by atoms with Crippen molar-refractivity contribution in [1.29, 1.82) is 0 Å². The molecule has 1 fully saturated rings. The Balaban J connectivity index is 2.08. The van der Waals surface area contributed by atoms with Gasteiger partial charge in [0.25, 0.3) is 0 Å². The topological polar surface area (TPSA) is 32.3 Å². The largest absolute Gasteiger partial charge is 0.355 e. The second-order valence-electron chi connectivity index (χ2n) is 6.18. The molecule has 1 aliphatic carbocycles. The zero-order chi connectivity index (χ0) is 15.3. The van der Waals surface area contributed by atoms with Crippen LogP contribution in [0, 0.1) is 5.82 Å². The minimum Gasteiger partial charge on any atom is -0.355 e. The van der Waals surface area contributed by atoms with Crippen LogP contribution < -0.4 is 5.32 Å². The summed E-state index contributed by atoms with van der Waals surface area (Å²) < 4.78 is 14.2. The van der Waals surface area contributed by atoms with Gasteiger partial charge in [0.05, 0.1) is 5.41 Å². The first-order valence-corrected chi connectivity index (χ1v) is 7.74. The van der Waals surface area contributed by atoms with Crippen LogP contribution in [-0.4, -0.2) is 38.0 Å². The summed E-state index contributed by atoms with van der Waals surface area (Å²) >= 11 is 0. The van der Waals surface area contributed by atoms with E-state index in [1.807, 2.05) is 20.2 Å². The SMILES string of the molecule is CN(C)CCCNC(=O)C1(c2ccccc2F)CCCC1. The van der Waals surface area contributed by atoms with Crippen molar-refractivity contribution in [1.82, 2.24) is 10.2 Å². The van der Waals surface area contributed by atoms with E-state index < -0.39 is 5.41 Å². The normalized spacial score (nSPS) is 17.1. The van der Waals surface area contributed by atoms with Gasteiger partial charge in [-0.05, 0) is 46.0 Å². The first-order chi connectivity index (χ1) is 10.1. The van der Waals surface area contributed by atoms with Crippen molar-refractivity contribution < 1.29 is 9.18 Å². The molecule has 0 spiro atoms. The average Bonchev–Trinajstić information content (AvgIpc) is 2.94. The van der Waals surface area contributed by atoms with Crippen LogP contribution in [0.15, 0.2) is 24.3 Å². The van der Waals surface area contributed by atoms with Gasteiger partial charge in [-0.25, -0.2) is 4.39 Å². The van der Waals surface area contributed by atoms with Crippen LogP contribution in [0.3, 0.4) is 0 Å². The molecular formula is C17H25FN2O. The minimum atomic E-state index is -0.663. The molecule has 1 aromatic carbocycles. The van der Waals surface area contributed by atoms with Gasteiger partial charge in [-0.2, -0.15) is 0 Å². The third kappa shape index (κ3) is 3.62. The van der Waals surface area contributed by atoms with Gasteiger partial charge in [-0.15, -0.1) is 0 Å². The lowest BCUT2D eigenvalue weighted by atomic mass is 9.77. The predicted molar refractivity (Wildman–Crippen MR) is 82.7 cm³/mol. The Bertz CT molecular complexity index is 481. The number of carbonyl (C=O) groups excluding carboxylic acids is 1. The quantitative estimate of drug-likeness (QED) is 0.818. The third-order valence-electron chi connectivity index (χ3n) is 4.35. The highest BCUT2D eigenvalue weighted by molar-refractivity contribution is 5.88. The maximum atomic E-state index is 14.2. The van der Waals surface area contributed by atoms with Crippen molar-refractivity contribution in [2.24, 2.45) is 0 Å². The molecule has 1 aliphatic rings. The van der Waals surface area contributed by atoms with Crippen molar-refractivity contribution in [2.45, 2.75) is 37.5 Å². The van der Waals surface area contributed by atoms with Gasteiger partial charge in [-0.1, -0.05) is 31.0 Å². The number of hydrogen-bond donors (Lipinski definition) is 1. The standard InChI is InChI=1S/C17H25FN2O/c1-20(2)13-7-12-19-16(21)17(10-5-6-11-17)14-8-3-4-9-15(14)18/h3-4,8-9H,5-7,10-13H2,1-2H3,(H,19,21). The summed E-state index contributed by atoms with van der Waals surface area (Å²) in [7, 11) is 4.03. The van der Waals surface area contributed by atoms with E-state index in [4.69, 9.17) is 0 Å². The van der Waals surface area contributed by atoms with Crippen molar-refractivity contribution in [2.75, 3.05) is 27.2 Å². The number of benzene rings is 1. The van der Waals surface area contributed by atoms with Gasteiger partial charge >= 0.3 is 0 Å². The molecule has 1 aromatic rings. The Labute approximate surface area is 126 Å². The molecule has 4 heteroatoms. The van der Waals surface area contributed by atoms with Crippen LogP contribution in [0.5, 0.6) is 0 Å². The summed E-state index contributed by atoms with van der Waals surface area (Å²) in [6, 6.07) is 6.71. The van der Waals surface area contributed by atoms with Gasteiger partial charge in [-0.3, -0.25) is 4.79 Å². The second-order valence-corrected chi connectivity index (χ2v) is 6.18. The molecule has 0 bridgehead atoms. The summed E-state index contributed by atoms with van der Waals surface area (Å²) in [5.41, 5.74) is -0.101. The van der Waals surface area contributed by atoms with Crippen molar-refractivity contribution in [3.05, 3.63) is 35.6 Å². The summed E-state index contributed by atoms with van der Waals surface area (Å²) in [6.45, 7) is 1.58. The van der Waals surface area contributed by atoms with Crippen molar-refractivity contribution >= 4 is 5.91 Å². The number of nitrogens with one attached hydrogen (secondary N) is 1. The Morgan fingerprint density at radius 3 is 2.57 bits per heavy atom. The number of nitrogens with zero attached hydrogens (tertiary/aromatic N) is 1. The fourth-order valence-electron chi connectivity index (χ4n) is 3.21. The summed E-state index contributed by atoms with van der Waals surface area (Å²) in [4.78, 5) is 14.8. The van der Waals surface area contributed by atoms with Gasteiger partial charge in [0.1, 0.15) is 5.82 Å². The van der Waals surface area contributed by atoms with Crippen molar-refractivity contribution in [3.8, 4) is 0 Å². The van der Waals surface area contributed by atoms with Crippen LogP contribution >= 0.6 is 0 Å². The smallest absolute Gasteiger partial charge is 0.230 e. The lowest BCUT2D eigenvalue weighted by Gasteiger charge is -2.28. The summed E-state index contributed by atoms with van der Waals surface area (Å²) in [6.07, 6.45) is 4.37. The first kappa shape index (κ1) is 16.0. The summed E-state index contributed by atoms with van der Waals surface area (Å²) in [5, 5.41) is 3.01. The molecule has 0 radical (unpaired) electrons. The fraction of sp³-hybridized carbons (Fsp3) is 0.588. The highest BCUT2D eigenvalue weighted by Gasteiger charge is 2.43. The molecule has 3 nitrogen and oxygen atoms in total. The number of halogens is 1. The van der Waals surface area contributed by atoms with E-state index in [0.29, 0.717) is 12.1 Å².